The fourth-order valence-electron chi connectivity index (χ4n) is 3.58. The number of alkyl halides is 1. The molecule has 182 valence electrons. The van der Waals surface area contributed by atoms with E-state index in [1.165, 1.54) is 89.9 Å². The number of halogens is 1. The maximum atomic E-state index is 6.42. The Bertz CT molecular complexity index is 342. The van der Waals surface area contributed by atoms with Crippen LogP contribution in [-0.4, -0.2) is 33.4 Å². The van der Waals surface area contributed by atoms with Crippen molar-refractivity contribution in [2.75, 3.05) is 18.5 Å². The Morgan fingerprint density at radius 2 is 1.13 bits per heavy atom. The zero-order chi connectivity index (χ0) is 22.3. The Kier molecular flexibility index (Phi) is 23.2. The van der Waals surface area contributed by atoms with Gasteiger partial charge in [0.2, 0.25) is 0 Å². The quantitative estimate of drug-likeness (QED) is 0.0562. The fourth-order valence-corrected chi connectivity index (χ4v) is 5.50. The third kappa shape index (κ3) is 21.8. The first-order valence-corrected chi connectivity index (χ1v) is 17.0. The lowest BCUT2D eigenvalue weighted by atomic mass is 10.1. The van der Waals surface area contributed by atoms with Crippen molar-refractivity contribution in [3.63, 3.8) is 0 Å². The summed E-state index contributed by atoms with van der Waals surface area (Å²) in [6, 6.07) is 0. The zero-order valence-corrected chi connectivity index (χ0v) is 23.4. The molecule has 0 aliphatic rings. The number of hydrogen-bond acceptors (Lipinski definition) is 3. The van der Waals surface area contributed by atoms with Gasteiger partial charge in [-0.2, -0.15) is 0 Å². The molecular weight excluding hydrogens is 456 g/mol. The maximum absolute atomic E-state index is 6.42. The highest BCUT2D eigenvalue weighted by molar-refractivity contribution is 9.09. The van der Waals surface area contributed by atoms with E-state index in [0.717, 1.165) is 37.8 Å². The molecule has 0 aromatic heterocycles. The predicted octanol–water partition coefficient (Wildman–Crippen LogP) is 9.13. The van der Waals surface area contributed by atoms with E-state index in [2.05, 4.69) is 42.9 Å². The Hall–Kier alpha value is 0.577. The molecule has 0 fully saturated rings. The minimum absolute atomic E-state index is 0.0817. The van der Waals surface area contributed by atoms with Gasteiger partial charge in [0.15, 0.2) is 0 Å². The second-order valence-electron chi connectivity index (χ2n) is 9.09. The molecule has 0 aromatic carbocycles. The second kappa shape index (κ2) is 22.8. The molecule has 0 aromatic rings. The van der Waals surface area contributed by atoms with Crippen molar-refractivity contribution in [1.29, 1.82) is 0 Å². The van der Waals surface area contributed by atoms with Gasteiger partial charge in [0.05, 0.1) is 0 Å². The lowest BCUT2D eigenvalue weighted by Gasteiger charge is -2.29. The van der Waals surface area contributed by atoms with Crippen molar-refractivity contribution >= 4 is 24.5 Å². The molecule has 0 N–H and O–H groups in total. The number of unbranched alkanes of at least 4 members (excludes halogenated alkanes) is 13. The Morgan fingerprint density at radius 1 is 0.633 bits per heavy atom. The van der Waals surface area contributed by atoms with E-state index in [9.17, 15) is 0 Å². The molecule has 0 spiro atoms. The first kappa shape index (κ1) is 30.6. The summed E-state index contributed by atoms with van der Waals surface area (Å²) in [7, 11) is -2.13. The van der Waals surface area contributed by atoms with E-state index in [1.807, 2.05) is 0 Å². The molecule has 0 bridgehead atoms. The van der Waals surface area contributed by atoms with E-state index in [4.69, 9.17) is 13.6 Å². The summed E-state index contributed by atoms with van der Waals surface area (Å²) < 4.78 is 18.8. The van der Waals surface area contributed by atoms with Gasteiger partial charge in [-0.1, -0.05) is 107 Å². The van der Waals surface area contributed by atoms with Crippen LogP contribution in [-0.2, 0) is 13.6 Å². The molecule has 0 rings (SSSR count). The smallest absolute Gasteiger partial charge is 0.333 e. The summed E-state index contributed by atoms with van der Waals surface area (Å²) in [6.07, 6.45) is 21.5. The van der Waals surface area contributed by atoms with Crippen LogP contribution in [0.3, 0.4) is 0 Å². The number of rotatable bonds is 24. The normalized spacial score (nSPS) is 13.1. The SMILES string of the molecule is CCCCCCCCCOC(CCCCCCC)O[Si](C)(C)OCCCCCCBr. The molecule has 0 aliphatic carbocycles. The van der Waals surface area contributed by atoms with Gasteiger partial charge in [-0.05, 0) is 45.2 Å². The van der Waals surface area contributed by atoms with Gasteiger partial charge in [-0.25, -0.2) is 0 Å². The average Bonchev–Trinajstić information content (AvgIpc) is 2.72. The van der Waals surface area contributed by atoms with Crippen LogP contribution in [0.4, 0.5) is 0 Å². The van der Waals surface area contributed by atoms with Gasteiger partial charge in [0, 0.05) is 18.5 Å². The third-order valence-corrected chi connectivity index (χ3v) is 7.78. The van der Waals surface area contributed by atoms with Crippen LogP contribution < -0.4 is 0 Å². The number of hydrogen-bond donors (Lipinski definition) is 0. The van der Waals surface area contributed by atoms with Crippen LogP contribution in [0.25, 0.3) is 0 Å². The van der Waals surface area contributed by atoms with Crippen molar-refractivity contribution < 1.29 is 13.6 Å². The molecule has 0 saturated heterocycles. The van der Waals surface area contributed by atoms with Gasteiger partial charge in [-0.3, -0.25) is 0 Å². The van der Waals surface area contributed by atoms with Crippen LogP contribution >= 0.6 is 15.9 Å². The summed E-state index contributed by atoms with van der Waals surface area (Å²) >= 11 is 3.50. The van der Waals surface area contributed by atoms with Crippen molar-refractivity contribution in [2.45, 2.75) is 142 Å². The molecule has 5 heteroatoms. The predicted molar refractivity (Wildman–Crippen MR) is 138 cm³/mol. The van der Waals surface area contributed by atoms with E-state index in [1.54, 1.807) is 0 Å². The summed E-state index contributed by atoms with van der Waals surface area (Å²) in [4.78, 5) is 0. The average molecular weight is 510 g/mol. The first-order chi connectivity index (χ1) is 14.6. The lowest BCUT2D eigenvalue weighted by Crippen LogP contribution is -2.40. The van der Waals surface area contributed by atoms with Crippen molar-refractivity contribution in [2.24, 2.45) is 0 Å². The minimum Gasteiger partial charge on any atom is -0.394 e. The van der Waals surface area contributed by atoms with E-state index < -0.39 is 8.56 Å². The molecule has 1 atom stereocenters. The van der Waals surface area contributed by atoms with Gasteiger partial charge in [-0.15, -0.1) is 0 Å². The fraction of sp³-hybridized carbons (Fsp3) is 1.00. The highest BCUT2D eigenvalue weighted by Gasteiger charge is 2.29. The molecule has 1 unspecified atom stereocenters. The highest BCUT2D eigenvalue weighted by atomic mass is 79.9. The van der Waals surface area contributed by atoms with Crippen molar-refractivity contribution in [3.05, 3.63) is 0 Å². The first-order valence-electron chi connectivity index (χ1n) is 13.0. The van der Waals surface area contributed by atoms with Crippen molar-refractivity contribution in [3.8, 4) is 0 Å². The molecular formula is C25H53BrO3Si. The highest BCUT2D eigenvalue weighted by Crippen LogP contribution is 2.18. The molecule has 0 aliphatic heterocycles. The van der Waals surface area contributed by atoms with E-state index in [0.29, 0.717) is 0 Å². The zero-order valence-electron chi connectivity index (χ0n) is 20.8. The minimum atomic E-state index is -2.13. The van der Waals surface area contributed by atoms with E-state index in [-0.39, 0.29) is 6.29 Å². The number of ether oxygens (including phenoxy) is 1. The topological polar surface area (TPSA) is 27.7 Å². The summed E-state index contributed by atoms with van der Waals surface area (Å²) in [5.74, 6) is 0. The Morgan fingerprint density at radius 3 is 1.73 bits per heavy atom. The summed E-state index contributed by atoms with van der Waals surface area (Å²) in [5.41, 5.74) is 0. The largest absolute Gasteiger partial charge is 0.394 e. The third-order valence-electron chi connectivity index (χ3n) is 5.49. The monoisotopic (exact) mass is 508 g/mol. The van der Waals surface area contributed by atoms with Crippen LogP contribution in [0.5, 0.6) is 0 Å². The molecule has 0 amide bonds. The molecule has 3 nitrogen and oxygen atoms in total. The molecule has 30 heavy (non-hydrogen) atoms. The van der Waals surface area contributed by atoms with Gasteiger partial charge in [0.25, 0.3) is 0 Å². The second-order valence-corrected chi connectivity index (χ2v) is 13.2. The van der Waals surface area contributed by atoms with Gasteiger partial charge < -0.3 is 13.6 Å². The van der Waals surface area contributed by atoms with Gasteiger partial charge >= 0.3 is 8.56 Å². The Labute approximate surface area is 198 Å². The molecule has 0 heterocycles. The van der Waals surface area contributed by atoms with Crippen LogP contribution in [0.1, 0.15) is 123 Å². The maximum Gasteiger partial charge on any atom is 0.333 e. The van der Waals surface area contributed by atoms with Crippen LogP contribution in [0, 0.1) is 0 Å². The van der Waals surface area contributed by atoms with Gasteiger partial charge in [0.1, 0.15) is 6.29 Å². The molecule has 0 radical (unpaired) electrons. The lowest BCUT2D eigenvalue weighted by molar-refractivity contribution is -0.104. The van der Waals surface area contributed by atoms with Crippen molar-refractivity contribution in [1.82, 2.24) is 0 Å². The standard InChI is InChI=1S/C25H53BrO3Si/c1-5-7-9-11-12-15-19-23-27-25(21-17-13-10-8-6-2)29-30(3,4)28-24-20-16-14-18-22-26/h25H,5-24H2,1-4H3. The van der Waals surface area contributed by atoms with E-state index >= 15 is 0 Å². The summed E-state index contributed by atoms with van der Waals surface area (Å²) in [5, 5.41) is 1.10. The summed E-state index contributed by atoms with van der Waals surface area (Å²) in [6.45, 7) is 10.5. The Balaban J connectivity index is 4.15. The molecule has 0 saturated carbocycles. The van der Waals surface area contributed by atoms with Crippen LogP contribution in [0.15, 0.2) is 0 Å². The van der Waals surface area contributed by atoms with Crippen LogP contribution in [0.2, 0.25) is 13.1 Å².